The molecule has 7 heteroatoms. The monoisotopic (exact) mass is 281 g/mol. The number of hydrogen-bond acceptors (Lipinski definition) is 3. The summed E-state index contributed by atoms with van der Waals surface area (Å²) in [5.74, 6) is -2.04. The summed E-state index contributed by atoms with van der Waals surface area (Å²) in [4.78, 5) is 14.6. The van der Waals surface area contributed by atoms with Gasteiger partial charge >= 0.3 is 5.97 Å². The van der Waals surface area contributed by atoms with Crippen molar-refractivity contribution in [3.8, 4) is 0 Å². The molecule has 0 N–H and O–H groups in total. The zero-order valence-electron chi connectivity index (χ0n) is 9.55. The molecule has 0 saturated heterocycles. The van der Waals surface area contributed by atoms with Gasteiger partial charge in [-0.15, -0.1) is 11.6 Å². The van der Waals surface area contributed by atoms with Crippen LogP contribution in [0.15, 0.2) is 6.07 Å². The summed E-state index contributed by atoms with van der Waals surface area (Å²) in [6.45, 7) is 1.79. The first kappa shape index (κ1) is 14.8. The number of halogens is 4. The molecule has 0 aliphatic heterocycles. The van der Waals surface area contributed by atoms with Gasteiger partial charge in [0.15, 0.2) is 0 Å². The predicted octanol–water partition coefficient (Wildman–Crippen LogP) is 3.00. The number of nitrogens with zero attached hydrogens (tertiary/aromatic N) is 1. The Bertz CT molecular complexity index is 441. The first-order chi connectivity index (χ1) is 8.49. The van der Waals surface area contributed by atoms with E-state index in [2.05, 4.69) is 9.72 Å². The van der Waals surface area contributed by atoms with Crippen LogP contribution in [0.2, 0.25) is 0 Å². The molecule has 3 nitrogen and oxygen atoms in total. The molecule has 0 fully saturated rings. The van der Waals surface area contributed by atoms with Crippen molar-refractivity contribution < 1.29 is 22.7 Å². The third-order valence-corrected chi connectivity index (χ3v) is 2.43. The van der Waals surface area contributed by atoms with Crippen LogP contribution < -0.4 is 0 Å². The average Bonchev–Trinajstić information content (AvgIpc) is 2.30. The van der Waals surface area contributed by atoms with Crippen molar-refractivity contribution >= 4 is 17.6 Å². The van der Waals surface area contributed by atoms with Gasteiger partial charge < -0.3 is 4.74 Å². The molecule has 100 valence electrons. The van der Waals surface area contributed by atoms with Gasteiger partial charge in [-0.05, 0) is 18.6 Å². The smallest absolute Gasteiger partial charge is 0.310 e. The Labute approximate surface area is 107 Å². The molecule has 0 saturated carbocycles. The Morgan fingerprint density at radius 2 is 2.22 bits per heavy atom. The summed E-state index contributed by atoms with van der Waals surface area (Å²) in [5, 5.41) is 0. The molecule has 1 aromatic heterocycles. The van der Waals surface area contributed by atoms with Crippen molar-refractivity contribution in [2.24, 2.45) is 0 Å². The number of carbonyl (C=O) groups excluding carboxylic acids is 1. The average molecular weight is 282 g/mol. The maximum absolute atomic E-state index is 13.2. The van der Waals surface area contributed by atoms with Gasteiger partial charge in [-0.2, -0.15) is 4.39 Å². The number of alkyl halides is 3. The van der Waals surface area contributed by atoms with E-state index in [0.29, 0.717) is 0 Å². The third kappa shape index (κ3) is 3.60. The molecule has 1 aromatic rings. The lowest BCUT2D eigenvalue weighted by molar-refractivity contribution is -0.142. The number of ether oxygens (including phenoxy) is 1. The highest BCUT2D eigenvalue weighted by Crippen LogP contribution is 2.24. The van der Waals surface area contributed by atoms with Crippen LogP contribution in [-0.4, -0.2) is 17.6 Å². The second-order valence-electron chi connectivity index (χ2n) is 3.39. The minimum absolute atomic E-state index is 0.0617. The topological polar surface area (TPSA) is 39.2 Å². The molecule has 0 amide bonds. The van der Waals surface area contributed by atoms with Gasteiger partial charge in [0, 0.05) is 0 Å². The molecule has 1 heterocycles. The van der Waals surface area contributed by atoms with Crippen LogP contribution in [0, 0.1) is 5.95 Å². The van der Waals surface area contributed by atoms with Crippen LogP contribution >= 0.6 is 11.6 Å². The highest BCUT2D eigenvalue weighted by Gasteiger charge is 2.19. The highest BCUT2D eigenvalue weighted by atomic mass is 35.5. The van der Waals surface area contributed by atoms with E-state index >= 15 is 0 Å². The fraction of sp³-hybridized carbons (Fsp3) is 0.455. The molecule has 0 atom stereocenters. The van der Waals surface area contributed by atoms with E-state index < -0.39 is 23.9 Å². The van der Waals surface area contributed by atoms with Gasteiger partial charge in [-0.3, -0.25) is 4.79 Å². The highest BCUT2D eigenvalue weighted by molar-refractivity contribution is 6.17. The maximum atomic E-state index is 13.2. The van der Waals surface area contributed by atoms with E-state index in [4.69, 9.17) is 11.6 Å². The van der Waals surface area contributed by atoms with Crippen molar-refractivity contribution in [2.45, 2.75) is 25.7 Å². The molecule has 0 aliphatic carbocycles. The van der Waals surface area contributed by atoms with Crippen molar-refractivity contribution in [1.82, 2.24) is 4.98 Å². The van der Waals surface area contributed by atoms with Crippen LogP contribution in [0.5, 0.6) is 0 Å². The zero-order chi connectivity index (χ0) is 13.7. The van der Waals surface area contributed by atoms with Crippen molar-refractivity contribution in [1.29, 1.82) is 0 Å². The Balaban J connectivity index is 3.08. The van der Waals surface area contributed by atoms with Crippen molar-refractivity contribution in [2.75, 3.05) is 6.61 Å². The third-order valence-electron chi connectivity index (χ3n) is 2.17. The number of esters is 1. The second kappa shape index (κ2) is 6.58. The SMILES string of the molecule is CCOC(=O)Cc1cc(C(F)F)c(F)nc1CCl. The number of pyridine rings is 1. The lowest BCUT2D eigenvalue weighted by atomic mass is 10.1. The van der Waals surface area contributed by atoms with Gasteiger partial charge in [-0.1, -0.05) is 0 Å². The minimum Gasteiger partial charge on any atom is -0.466 e. The Morgan fingerprint density at radius 1 is 1.56 bits per heavy atom. The number of hydrogen-bond donors (Lipinski definition) is 0. The Hall–Kier alpha value is -1.30. The maximum Gasteiger partial charge on any atom is 0.310 e. The van der Waals surface area contributed by atoms with Crippen LogP contribution in [0.4, 0.5) is 13.2 Å². The summed E-state index contributed by atoms with van der Waals surface area (Å²) in [5.41, 5.74) is -0.630. The van der Waals surface area contributed by atoms with Crippen LogP contribution in [0.1, 0.15) is 30.2 Å². The molecule has 0 radical (unpaired) electrons. The normalized spacial score (nSPS) is 10.8. The Morgan fingerprint density at radius 3 is 2.72 bits per heavy atom. The molecule has 18 heavy (non-hydrogen) atoms. The van der Waals surface area contributed by atoms with E-state index in [1.807, 2.05) is 0 Å². The first-order valence-electron chi connectivity index (χ1n) is 5.17. The fourth-order valence-electron chi connectivity index (χ4n) is 1.37. The van der Waals surface area contributed by atoms with Crippen molar-refractivity contribution in [3.63, 3.8) is 0 Å². The van der Waals surface area contributed by atoms with Crippen LogP contribution in [-0.2, 0) is 21.8 Å². The summed E-state index contributed by atoms with van der Waals surface area (Å²) in [6, 6.07) is 0.904. The van der Waals surface area contributed by atoms with E-state index in [-0.39, 0.29) is 30.2 Å². The standard InChI is InChI=1S/C11H11ClF3NO2/c1-2-18-9(17)4-6-3-7(10(13)14)11(15)16-8(6)5-12/h3,10H,2,4-5H2,1H3. The van der Waals surface area contributed by atoms with E-state index in [9.17, 15) is 18.0 Å². The van der Waals surface area contributed by atoms with E-state index in [0.717, 1.165) is 6.07 Å². The van der Waals surface area contributed by atoms with E-state index in [1.165, 1.54) is 0 Å². The molecule has 0 aromatic carbocycles. The van der Waals surface area contributed by atoms with Crippen molar-refractivity contribution in [3.05, 3.63) is 28.8 Å². The van der Waals surface area contributed by atoms with Gasteiger partial charge in [0.2, 0.25) is 5.95 Å². The van der Waals surface area contributed by atoms with Gasteiger partial charge in [0.25, 0.3) is 6.43 Å². The lowest BCUT2D eigenvalue weighted by Gasteiger charge is -2.09. The zero-order valence-corrected chi connectivity index (χ0v) is 10.3. The summed E-state index contributed by atoms with van der Waals surface area (Å²) >= 11 is 5.53. The summed E-state index contributed by atoms with van der Waals surface area (Å²) in [7, 11) is 0. The fourth-order valence-corrected chi connectivity index (χ4v) is 1.61. The first-order valence-corrected chi connectivity index (χ1v) is 5.71. The summed E-state index contributed by atoms with van der Waals surface area (Å²) < 4.78 is 42.9. The minimum atomic E-state index is -3.00. The number of aromatic nitrogens is 1. The molecule has 0 unspecified atom stereocenters. The molecule has 1 rings (SSSR count). The Kier molecular flexibility index (Phi) is 5.40. The largest absolute Gasteiger partial charge is 0.466 e. The van der Waals surface area contributed by atoms with Gasteiger partial charge in [-0.25, -0.2) is 13.8 Å². The second-order valence-corrected chi connectivity index (χ2v) is 3.66. The number of carbonyl (C=O) groups is 1. The molecule has 0 bridgehead atoms. The molecular formula is C11H11ClF3NO2. The lowest BCUT2D eigenvalue weighted by Crippen LogP contribution is -2.11. The summed E-state index contributed by atoms with van der Waals surface area (Å²) in [6.07, 6.45) is -3.26. The van der Waals surface area contributed by atoms with Gasteiger partial charge in [0.1, 0.15) is 0 Å². The predicted molar refractivity (Wildman–Crippen MR) is 59.0 cm³/mol. The van der Waals surface area contributed by atoms with E-state index in [1.54, 1.807) is 6.92 Å². The van der Waals surface area contributed by atoms with Crippen LogP contribution in [0.25, 0.3) is 0 Å². The van der Waals surface area contributed by atoms with Crippen LogP contribution in [0.3, 0.4) is 0 Å². The molecule has 0 aliphatic rings. The molecular weight excluding hydrogens is 271 g/mol. The molecule has 0 spiro atoms. The van der Waals surface area contributed by atoms with Gasteiger partial charge in [0.05, 0.1) is 30.2 Å². The number of rotatable bonds is 5. The quantitative estimate of drug-likeness (QED) is 0.473.